The van der Waals surface area contributed by atoms with Crippen LogP contribution >= 0.6 is 15.9 Å². The Labute approximate surface area is 181 Å². The highest BCUT2D eigenvalue weighted by Gasteiger charge is 2.16. The van der Waals surface area contributed by atoms with Gasteiger partial charge < -0.3 is 14.8 Å². The van der Waals surface area contributed by atoms with E-state index in [1.165, 1.54) is 5.56 Å². The monoisotopic (exact) mass is 453 g/mol. The summed E-state index contributed by atoms with van der Waals surface area (Å²) in [5.74, 6) is 0. The molecule has 3 rings (SSSR count). The summed E-state index contributed by atoms with van der Waals surface area (Å²) in [5.41, 5.74) is 3.19. The van der Waals surface area contributed by atoms with Gasteiger partial charge in [-0.05, 0) is 48.4 Å². The van der Waals surface area contributed by atoms with E-state index in [-0.39, 0.29) is 6.03 Å². The largest absolute Gasteiger partial charge is 0.345 e. The first-order valence-electron chi connectivity index (χ1n) is 10.1. The number of hydrogen-bond acceptors (Lipinski definition) is 1. The lowest BCUT2D eigenvalue weighted by Crippen LogP contribution is -2.36. The average molecular weight is 454 g/mol. The van der Waals surface area contributed by atoms with Gasteiger partial charge in [-0.15, -0.1) is 0 Å². The molecule has 0 spiro atoms. The van der Waals surface area contributed by atoms with Crippen LogP contribution in [-0.4, -0.2) is 22.0 Å². The maximum atomic E-state index is 13.0. The van der Waals surface area contributed by atoms with E-state index in [9.17, 15) is 4.79 Å². The number of hydrogen-bond donors (Lipinski definition) is 1. The Morgan fingerprint density at radius 3 is 2.48 bits per heavy atom. The molecule has 0 aliphatic rings. The standard InChI is InChI=1S/C24H28BrN3O/c1-2-3-7-16-28(24(29)26-22-14-12-21(25)13-15-22)19-23-11-8-17-27(23)18-20-9-5-4-6-10-20/h4-6,8-15,17H,2-3,7,16,18-19H2,1H3,(H,26,29). The zero-order chi connectivity index (χ0) is 20.5. The SMILES string of the molecule is CCCCCN(Cc1cccn1Cc1ccccc1)C(=O)Nc1ccc(Br)cc1. The van der Waals surface area contributed by atoms with Crippen LogP contribution in [0.4, 0.5) is 10.5 Å². The van der Waals surface area contributed by atoms with Crippen LogP contribution in [0.15, 0.2) is 77.4 Å². The van der Waals surface area contributed by atoms with Gasteiger partial charge in [-0.1, -0.05) is 66.0 Å². The number of benzene rings is 2. The van der Waals surface area contributed by atoms with Gasteiger partial charge in [0.1, 0.15) is 0 Å². The van der Waals surface area contributed by atoms with Gasteiger partial charge in [0.2, 0.25) is 0 Å². The molecular formula is C24H28BrN3O. The van der Waals surface area contributed by atoms with Crippen molar-refractivity contribution in [3.63, 3.8) is 0 Å². The molecule has 1 aromatic heterocycles. The van der Waals surface area contributed by atoms with E-state index in [4.69, 9.17) is 0 Å². The van der Waals surface area contributed by atoms with Gasteiger partial charge in [0.25, 0.3) is 0 Å². The molecule has 0 atom stereocenters. The van der Waals surface area contributed by atoms with Crippen molar-refractivity contribution in [2.24, 2.45) is 0 Å². The van der Waals surface area contributed by atoms with Crippen molar-refractivity contribution >= 4 is 27.6 Å². The molecule has 1 heterocycles. The highest BCUT2D eigenvalue weighted by Crippen LogP contribution is 2.16. The minimum absolute atomic E-state index is 0.0594. The highest BCUT2D eigenvalue weighted by atomic mass is 79.9. The molecule has 152 valence electrons. The summed E-state index contributed by atoms with van der Waals surface area (Å²) in [6, 6.07) is 22.2. The maximum Gasteiger partial charge on any atom is 0.322 e. The Bertz CT molecular complexity index is 890. The van der Waals surface area contributed by atoms with Crippen molar-refractivity contribution in [2.75, 3.05) is 11.9 Å². The van der Waals surface area contributed by atoms with Gasteiger partial charge in [-0.25, -0.2) is 4.79 Å². The van der Waals surface area contributed by atoms with E-state index >= 15 is 0 Å². The third-order valence-electron chi connectivity index (χ3n) is 4.89. The van der Waals surface area contributed by atoms with Crippen LogP contribution in [0.5, 0.6) is 0 Å². The third-order valence-corrected chi connectivity index (χ3v) is 5.42. The number of carbonyl (C=O) groups is 1. The Morgan fingerprint density at radius 1 is 1.00 bits per heavy atom. The molecule has 29 heavy (non-hydrogen) atoms. The van der Waals surface area contributed by atoms with E-state index in [2.05, 4.69) is 75.3 Å². The van der Waals surface area contributed by atoms with Crippen molar-refractivity contribution in [2.45, 2.75) is 39.3 Å². The van der Waals surface area contributed by atoms with Crippen molar-refractivity contribution in [3.8, 4) is 0 Å². The molecule has 3 aromatic rings. The lowest BCUT2D eigenvalue weighted by Gasteiger charge is -2.24. The Hall–Kier alpha value is -2.53. The van der Waals surface area contributed by atoms with Gasteiger partial charge in [-0.2, -0.15) is 0 Å². The van der Waals surface area contributed by atoms with Crippen molar-refractivity contribution in [1.82, 2.24) is 9.47 Å². The summed E-state index contributed by atoms with van der Waals surface area (Å²) < 4.78 is 3.21. The Kier molecular flexibility index (Phi) is 7.94. The summed E-state index contributed by atoms with van der Waals surface area (Å²) in [5, 5.41) is 3.03. The summed E-state index contributed by atoms with van der Waals surface area (Å²) >= 11 is 3.43. The fraction of sp³-hybridized carbons (Fsp3) is 0.292. The van der Waals surface area contributed by atoms with Crippen LogP contribution in [0.25, 0.3) is 0 Å². The molecule has 5 heteroatoms. The first kappa shape index (κ1) is 21.2. The van der Waals surface area contributed by atoms with Gasteiger partial charge in [0.05, 0.1) is 6.54 Å². The van der Waals surface area contributed by atoms with E-state index in [0.717, 1.165) is 48.2 Å². The third kappa shape index (κ3) is 6.50. The topological polar surface area (TPSA) is 37.3 Å². The first-order valence-corrected chi connectivity index (χ1v) is 10.9. The van der Waals surface area contributed by atoms with Crippen LogP contribution in [0.2, 0.25) is 0 Å². The van der Waals surface area contributed by atoms with Crippen molar-refractivity contribution in [3.05, 3.63) is 88.7 Å². The minimum Gasteiger partial charge on any atom is -0.345 e. The molecular weight excluding hydrogens is 426 g/mol. The molecule has 0 fully saturated rings. The molecule has 0 saturated carbocycles. The number of halogens is 1. The van der Waals surface area contributed by atoms with E-state index in [1.54, 1.807) is 0 Å². The molecule has 0 saturated heterocycles. The van der Waals surface area contributed by atoms with Crippen molar-refractivity contribution in [1.29, 1.82) is 0 Å². The molecule has 1 N–H and O–H groups in total. The van der Waals surface area contributed by atoms with Crippen LogP contribution in [0, 0.1) is 0 Å². The van der Waals surface area contributed by atoms with Gasteiger partial charge in [0, 0.05) is 35.1 Å². The number of anilines is 1. The second-order valence-corrected chi connectivity index (χ2v) is 8.09. The number of carbonyl (C=O) groups excluding carboxylic acids is 1. The molecule has 0 aliphatic carbocycles. The van der Waals surface area contributed by atoms with E-state index in [0.29, 0.717) is 6.54 Å². The number of unbranched alkanes of at least 4 members (excludes halogenated alkanes) is 2. The highest BCUT2D eigenvalue weighted by molar-refractivity contribution is 9.10. The quantitative estimate of drug-likeness (QED) is 0.367. The maximum absolute atomic E-state index is 13.0. The molecule has 0 bridgehead atoms. The summed E-state index contributed by atoms with van der Waals surface area (Å²) in [7, 11) is 0. The smallest absolute Gasteiger partial charge is 0.322 e. The fourth-order valence-corrected chi connectivity index (χ4v) is 3.53. The minimum atomic E-state index is -0.0594. The average Bonchev–Trinajstić information content (AvgIpc) is 3.16. The van der Waals surface area contributed by atoms with Crippen LogP contribution in [-0.2, 0) is 13.1 Å². The summed E-state index contributed by atoms with van der Waals surface area (Å²) in [6.45, 7) is 4.32. The fourth-order valence-electron chi connectivity index (χ4n) is 3.26. The Morgan fingerprint density at radius 2 is 1.76 bits per heavy atom. The number of nitrogens with zero attached hydrogens (tertiary/aromatic N) is 2. The van der Waals surface area contributed by atoms with Gasteiger partial charge in [-0.3, -0.25) is 0 Å². The normalized spacial score (nSPS) is 10.7. The van der Waals surface area contributed by atoms with Crippen molar-refractivity contribution < 1.29 is 4.79 Å². The van der Waals surface area contributed by atoms with E-state index < -0.39 is 0 Å². The van der Waals surface area contributed by atoms with Crippen LogP contribution < -0.4 is 5.32 Å². The predicted molar refractivity (Wildman–Crippen MR) is 123 cm³/mol. The molecule has 2 amide bonds. The number of nitrogens with one attached hydrogen (secondary N) is 1. The number of rotatable bonds is 9. The molecule has 0 aliphatic heterocycles. The number of urea groups is 1. The molecule has 4 nitrogen and oxygen atoms in total. The van der Waals surface area contributed by atoms with Crippen LogP contribution in [0.3, 0.4) is 0 Å². The first-order chi connectivity index (χ1) is 14.2. The summed E-state index contributed by atoms with van der Waals surface area (Å²) in [4.78, 5) is 14.9. The Balaban J connectivity index is 1.71. The summed E-state index contributed by atoms with van der Waals surface area (Å²) in [6.07, 6.45) is 5.34. The molecule has 0 unspecified atom stereocenters. The zero-order valence-electron chi connectivity index (χ0n) is 16.9. The van der Waals surface area contributed by atoms with E-state index in [1.807, 2.05) is 35.2 Å². The lowest BCUT2D eigenvalue weighted by atomic mass is 10.2. The lowest BCUT2D eigenvalue weighted by molar-refractivity contribution is 0.206. The van der Waals surface area contributed by atoms with Gasteiger partial charge >= 0.3 is 6.03 Å². The zero-order valence-corrected chi connectivity index (χ0v) is 18.4. The predicted octanol–water partition coefficient (Wildman–Crippen LogP) is 6.52. The molecule has 0 radical (unpaired) electrons. The second-order valence-electron chi connectivity index (χ2n) is 7.18. The second kappa shape index (κ2) is 10.9. The number of aromatic nitrogens is 1. The van der Waals surface area contributed by atoms with Gasteiger partial charge in [0.15, 0.2) is 0 Å². The molecule has 2 aromatic carbocycles. The number of amides is 2. The van der Waals surface area contributed by atoms with Crippen LogP contribution in [0.1, 0.15) is 37.4 Å².